The van der Waals surface area contributed by atoms with Crippen LogP contribution in [0.25, 0.3) is 10.9 Å². The number of fused-ring (bicyclic) bond motifs is 1. The maximum absolute atomic E-state index is 12.7. The maximum Gasteiger partial charge on any atom is 0.255 e. The fraction of sp³-hybridized carbons (Fsp3) is 0.0345. The molecule has 3 aromatic carbocycles. The number of carbonyl (C=O) groups excluding carboxylic acids is 2. The van der Waals surface area contributed by atoms with Crippen molar-refractivity contribution in [3.8, 4) is 0 Å². The first kappa shape index (κ1) is 22.7. The quantitative estimate of drug-likeness (QED) is 0.231. The van der Waals surface area contributed by atoms with Crippen molar-refractivity contribution in [2.75, 3.05) is 16.0 Å². The van der Waals surface area contributed by atoms with Gasteiger partial charge >= 0.3 is 0 Å². The third kappa shape index (κ3) is 5.20. The van der Waals surface area contributed by atoms with Gasteiger partial charge in [-0.15, -0.1) is 0 Å². The number of Topliss-reactive ketones (excluding diaryl/α,β-unsaturated/α-hetero) is 1. The number of anilines is 5. The maximum atomic E-state index is 12.7. The minimum atomic E-state index is -0.197. The number of pyridine rings is 2. The van der Waals surface area contributed by atoms with Crippen molar-refractivity contribution in [2.24, 2.45) is 0 Å². The molecule has 0 bridgehead atoms. The first-order chi connectivity index (χ1) is 17.5. The largest absolute Gasteiger partial charge is 0.355 e. The fourth-order valence-electron chi connectivity index (χ4n) is 3.78. The van der Waals surface area contributed by atoms with Crippen molar-refractivity contribution >= 4 is 51.0 Å². The molecule has 3 N–H and O–H groups in total. The van der Waals surface area contributed by atoms with Crippen molar-refractivity contribution in [1.82, 2.24) is 9.97 Å². The van der Waals surface area contributed by atoms with E-state index >= 15 is 0 Å². The van der Waals surface area contributed by atoms with Crippen LogP contribution in [-0.2, 0) is 0 Å². The lowest BCUT2D eigenvalue weighted by Gasteiger charge is -2.11. The SMILES string of the molecule is CC(=O)c1ccc2nccc(Nc3ccc(C(=O)Nc4ccc(Nc5ccncc5)cc4)cc3)c2c1. The molecule has 2 aromatic heterocycles. The summed E-state index contributed by atoms with van der Waals surface area (Å²) < 4.78 is 0. The monoisotopic (exact) mass is 473 g/mol. The predicted molar refractivity (Wildman–Crippen MR) is 143 cm³/mol. The van der Waals surface area contributed by atoms with Gasteiger partial charge in [0.1, 0.15) is 0 Å². The van der Waals surface area contributed by atoms with E-state index in [0.717, 1.165) is 33.7 Å². The molecule has 0 aliphatic heterocycles. The van der Waals surface area contributed by atoms with Crippen LogP contribution in [0.5, 0.6) is 0 Å². The van der Waals surface area contributed by atoms with Gasteiger partial charge in [-0.1, -0.05) is 0 Å². The Morgan fingerprint density at radius 2 is 1.25 bits per heavy atom. The number of nitrogens with one attached hydrogen (secondary N) is 3. The molecule has 0 spiro atoms. The standard InChI is InChI=1S/C29H23N5O2/c1-19(35)21-4-11-27-26(18-21)28(14-17-31-27)33-23-5-2-20(3-6-23)29(36)34-24-9-7-22(8-10-24)32-25-12-15-30-16-13-25/h2-18H,1H3,(H,30,32)(H,31,33)(H,34,36). The molecule has 5 rings (SSSR count). The Morgan fingerprint density at radius 1 is 0.639 bits per heavy atom. The van der Waals surface area contributed by atoms with E-state index in [2.05, 4.69) is 25.9 Å². The van der Waals surface area contributed by atoms with Crippen LogP contribution < -0.4 is 16.0 Å². The number of hydrogen-bond acceptors (Lipinski definition) is 6. The molecule has 0 unspecified atom stereocenters. The van der Waals surface area contributed by atoms with Gasteiger partial charge < -0.3 is 16.0 Å². The summed E-state index contributed by atoms with van der Waals surface area (Å²) in [6.07, 6.45) is 5.17. The average molecular weight is 474 g/mol. The number of benzene rings is 3. The summed E-state index contributed by atoms with van der Waals surface area (Å²) in [4.78, 5) is 32.9. The second-order valence-corrected chi connectivity index (χ2v) is 8.24. The second-order valence-electron chi connectivity index (χ2n) is 8.24. The summed E-state index contributed by atoms with van der Waals surface area (Å²) in [6, 6.07) is 25.8. The van der Waals surface area contributed by atoms with Crippen molar-refractivity contribution in [3.63, 3.8) is 0 Å². The van der Waals surface area contributed by atoms with Gasteiger partial charge in [-0.25, -0.2) is 0 Å². The summed E-state index contributed by atoms with van der Waals surface area (Å²) >= 11 is 0. The van der Waals surface area contributed by atoms with Gasteiger partial charge in [0.25, 0.3) is 5.91 Å². The van der Waals surface area contributed by atoms with Gasteiger partial charge in [-0.3, -0.25) is 19.6 Å². The average Bonchev–Trinajstić information content (AvgIpc) is 2.91. The molecule has 0 saturated carbocycles. The highest BCUT2D eigenvalue weighted by molar-refractivity contribution is 6.05. The molecule has 5 aromatic rings. The molecule has 0 saturated heterocycles. The van der Waals surface area contributed by atoms with E-state index < -0.39 is 0 Å². The molecule has 0 atom stereocenters. The van der Waals surface area contributed by atoms with E-state index in [9.17, 15) is 9.59 Å². The van der Waals surface area contributed by atoms with Crippen LogP contribution in [0.1, 0.15) is 27.6 Å². The number of ketones is 1. The summed E-state index contributed by atoms with van der Waals surface area (Å²) in [5, 5.41) is 10.4. The second kappa shape index (κ2) is 10.1. The summed E-state index contributed by atoms with van der Waals surface area (Å²) in [6.45, 7) is 1.54. The summed E-state index contributed by atoms with van der Waals surface area (Å²) in [7, 11) is 0. The Labute approximate surface area is 208 Å². The molecule has 0 aliphatic rings. The Balaban J connectivity index is 1.25. The van der Waals surface area contributed by atoms with Crippen LogP contribution in [0.4, 0.5) is 28.4 Å². The number of aromatic nitrogens is 2. The molecule has 36 heavy (non-hydrogen) atoms. The van der Waals surface area contributed by atoms with Gasteiger partial charge in [0.15, 0.2) is 5.78 Å². The Hall–Kier alpha value is -5.04. The van der Waals surface area contributed by atoms with Gasteiger partial charge in [0.05, 0.1) is 5.52 Å². The molecular formula is C29H23N5O2. The molecule has 7 nitrogen and oxygen atoms in total. The van der Waals surface area contributed by atoms with E-state index in [-0.39, 0.29) is 11.7 Å². The Kier molecular flexibility index (Phi) is 6.36. The van der Waals surface area contributed by atoms with Gasteiger partial charge in [-0.2, -0.15) is 0 Å². The summed E-state index contributed by atoms with van der Waals surface area (Å²) in [5.74, 6) is -0.196. The summed E-state index contributed by atoms with van der Waals surface area (Å²) in [5.41, 5.74) is 6.17. The van der Waals surface area contributed by atoms with Crippen molar-refractivity contribution in [3.05, 3.63) is 115 Å². The zero-order valence-corrected chi connectivity index (χ0v) is 19.5. The van der Waals surface area contributed by atoms with Crippen LogP contribution in [0.3, 0.4) is 0 Å². The molecule has 1 amide bonds. The molecule has 0 radical (unpaired) electrons. The fourth-order valence-corrected chi connectivity index (χ4v) is 3.78. The zero-order chi connectivity index (χ0) is 24.9. The third-order valence-corrected chi connectivity index (χ3v) is 5.69. The lowest BCUT2D eigenvalue weighted by molar-refractivity contribution is 0.101. The van der Waals surface area contributed by atoms with Crippen LogP contribution in [0, 0.1) is 0 Å². The third-order valence-electron chi connectivity index (χ3n) is 5.69. The van der Waals surface area contributed by atoms with E-state index in [4.69, 9.17) is 0 Å². The predicted octanol–water partition coefficient (Wildman–Crippen LogP) is 6.57. The number of amides is 1. The Bertz CT molecular complexity index is 1530. The minimum Gasteiger partial charge on any atom is -0.355 e. The van der Waals surface area contributed by atoms with Crippen LogP contribution in [0.2, 0.25) is 0 Å². The number of nitrogens with zero attached hydrogens (tertiary/aromatic N) is 2. The minimum absolute atomic E-state index is 0.00159. The van der Waals surface area contributed by atoms with Crippen LogP contribution in [0.15, 0.2) is 104 Å². The van der Waals surface area contributed by atoms with Crippen molar-refractivity contribution < 1.29 is 9.59 Å². The highest BCUT2D eigenvalue weighted by Gasteiger charge is 2.09. The van der Waals surface area contributed by atoms with E-state index in [1.165, 1.54) is 0 Å². The zero-order valence-electron chi connectivity index (χ0n) is 19.5. The van der Waals surface area contributed by atoms with Crippen LogP contribution >= 0.6 is 0 Å². The molecule has 2 heterocycles. The van der Waals surface area contributed by atoms with Crippen molar-refractivity contribution in [2.45, 2.75) is 6.92 Å². The van der Waals surface area contributed by atoms with E-state index in [1.807, 2.05) is 66.7 Å². The highest BCUT2D eigenvalue weighted by Crippen LogP contribution is 2.27. The normalized spacial score (nSPS) is 10.6. The lowest BCUT2D eigenvalue weighted by atomic mass is 10.1. The molecule has 0 fully saturated rings. The first-order valence-electron chi connectivity index (χ1n) is 11.4. The van der Waals surface area contributed by atoms with Gasteiger partial charge in [0, 0.05) is 63.5 Å². The molecule has 7 heteroatoms. The number of rotatable bonds is 7. The smallest absolute Gasteiger partial charge is 0.255 e. The van der Waals surface area contributed by atoms with Crippen LogP contribution in [-0.4, -0.2) is 21.7 Å². The number of hydrogen-bond donors (Lipinski definition) is 3. The van der Waals surface area contributed by atoms with E-state index in [1.54, 1.807) is 43.7 Å². The van der Waals surface area contributed by atoms with Crippen molar-refractivity contribution in [1.29, 1.82) is 0 Å². The molecular weight excluding hydrogens is 450 g/mol. The number of carbonyl (C=O) groups is 2. The topological polar surface area (TPSA) is 96.0 Å². The molecule has 176 valence electrons. The first-order valence-corrected chi connectivity index (χ1v) is 11.4. The Morgan fingerprint density at radius 3 is 1.97 bits per heavy atom. The molecule has 0 aliphatic carbocycles. The van der Waals surface area contributed by atoms with E-state index in [0.29, 0.717) is 16.8 Å². The van der Waals surface area contributed by atoms with Gasteiger partial charge in [0.2, 0.25) is 0 Å². The lowest BCUT2D eigenvalue weighted by Crippen LogP contribution is -2.11. The van der Waals surface area contributed by atoms with Gasteiger partial charge in [-0.05, 0) is 91.9 Å². The highest BCUT2D eigenvalue weighted by atomic mass is 16.1.